The zero-order chi connectivity index (χ0) is 17.3. The predicted molar refractivity (Wildman–Crippen MR) is 101 cm³/mol. The van der Waals surface area contributed by atoms with Gasteiger partial charge in [0.25, 0.3) is 0 Å². The van der Waals surface area contributed by atoms with Crippen molar-refractivity contribution >= 4 is 12.3 Å². The van der Waals surface area contributed by atoms with E-state index >= 15 is 0 Å². The number of pyridine rings is 1. The second-order valence-corrected chi connectivity index (χ2v) is 5.33. The number of methoxy groups -OCH3 is 1. The van der Waals surface area contributed by atoms with Gasteiger partial charge < -0.3 is 4.74 Å². The number of benzene rings is 2. The van der Waals surface area contributed by atoms with Gasteiger partial charge in [0.2, 0.25) is 6.20 Å². The van der Waals surface area contributed by atoms with Gasteiger partial charge in [-0.05, 0) is 29.8 Å². The lowest BCUT2D eigenvalue weighted by Gasteiger charge is -1.96. The summed E-state index contributed by atoms with van der Waals surface area (Å²) in [5.41, 5.74) is 6.22. The third-order valence-corrected chi connectivity index (χ3v) is 3.60. The number of ether oxygens (including phenoxy) is 1. The van der Waals surface area contributed by atoms with Gasteiger partial charge in [-0.25, -0.2) is 0 Å². The maximum atomic E-state index is 5.15. The van der Waals surface area contributed by atoms with Crippen molar-refractivity contribution in [3.05, 3.63) is 102 Å². The summed E-state index contributed by atoms with van der Waals surface area (Å²) in [6, 6.07) is 21.8. The standard InChI is InChI=1S/C23H18NO/c1-25-23-15-18-24(19-16-23)17-7-12-21-10-5-6-11-22(21)14-13-20-8-3-2-4-9-20/h2-6,8-12,15-19H,1H3/q+1. The molecule has 0 saturated carbocycles. The number of hydrogen-bond acceptors (Lipinski definition) is 1. The summed E-state index contributed by atoms with van der Waals surface area (Å²) in [5.74, 6) is 7.26. The van der Waals surface area contributed by atoms with Crippen molar-refractivity contribution in [2.24, 2.45) is 0 Å². The molecule has 1 heterocycles. The highest BCUT2D eigenvalue weighted by molar-refractivity contribution is 5.60. The van der Waals surface area contributed by atoms with Crippen LogP contribution in [0.4, 0.5) is 0 Å². The lowest BCUT2D eigenvalue weighted by molar-refractivity contribution is -0.568. The minimum atomic E-state index is 0.829. The van der Waals surface area contributed by atoms with E-state index in [1.807, 2.05) is 96.0 Å². The van der Waals surface area contributed by atoms with Crippen molar-refractivity contribution in [2.45, 2.75) is 0 Å². The Morgan fingerprint density at radius 1 is 0.840 bits per heavy atom. The van der Waals surface area contributed by atoms with E-state index in [9.17, 15) is 0 Å². The second-order valence-electron chi connectivity index (χ2n) is 5.33. The molecule has 0 radical (unpaired) electrons. The van der Waals surface area contributed by atoms with E-state index in [1.54, 1.807) is 7.11 Å². The van der Waals surface area contributed by atoms with Gasteiger partial charge in [0, 0.05) is 23.3 Å². The molecular weight excluding hydrogens is 306 g/mol. The number of nitrogens with zero attached hydrogens (tertiary/aromatic N) is 1. The number of hydrogen-bond donors (Lipinski definition) is 0. The molecule has 0 fully saturated rings. The van der Waals surface area contributed by atoms with Crippen molar-refractivity contribution < 1.29 is 9.30 Å². The fourth-order valence-electron chi connectivity index (χ4n) is 2.26. The molecule has 3 aromatic rings. The normalized spacial score (nSPS) is 9.32. The smallest absolute Gasteiger partial charge is 0.217 e. The van der Waals surface area contributed by atoms with Gasteiger partial charge in [0.05, 0.1) is 7.11 Å². The molecule has 2 nitrogen and oxygen atoms in total. The molecule has 0 aliphatic carbocycles. The Hall–Kier alpha value is -3.53. The zero-order valence-corrected chi connectivity index (χ0v) is 14.0. The van der Waals surface area contributed by atoms with E-state index in [4.69, 9.17) is 4.74 Å². The van der Waals surface area contributed by atoms with E-state index in [0.717, 1.165) is 22.4 Å². The molecule has 0 aliphatic heterocycles. The first-order valence-corrected chi connectivity index (χ1v) is 7.99. The maximum Gasteiger partial charge on any atom is 0.217 e. The number of rotatable bonds is 3. The van der Waals surface area contributed by atoms with Gasteiger partial charge in [-0.2, -0.15) is 4.57 Å². The third kappa shape index (κ3) is 4.72. The van der Waals surface area contributed by atoms with Gasteiger partial charge >= 0.3 is 0 Å². The van der Waals surface area contributed by atoms with Crippen LogP contribution in [0.1, 0.15) is 16.7 Å². The summed E-state index contributed by atoms with van der Waals surface area (Å²) in [6.45, 7) is 0. The van der Waals surface area contributed by atoms with Crippen LogP contribution in [0, 0.1) is 11.8 Å². The number of aromatic nitrogens is 1. The van der Waals surface area contributed by atoms with E-state index in [0.29, 0.717) is 0 Å². The van der Waals surface area contributed by atoms with Crippen LogP contribution in [0.25, 0.3) is 12.3 Å². The van der Waals surface area contributed by atoms with Gasteiger partial charge in [0.15, 0.2) is 12.4 Å². The molecule has 3 rings (SSSR count). The van der Waals surface area contributed by atoms with Gasteiger partial charge in [-0.1, -0.05) is 54.0 Å². The van der Waals surface area contributed by atoms with E-state index < -0.39 is 0 Å². The lowest BCUT2D eigenvalue weighted by atomic mass is 10.1. The Labute approximate surface area is 148 Å². The third-order valence-electron chi connectivity index (χ3n) is 3.60. The summed E-state index contributed by atoms with van der Waals surface area (Å²) in [5, 5.41) is 0. The first-order valence-electron chi connectivity index (χ1n) is 7.99. The Bertz CT molecular complexity index is 954. The minimum Gasteiger partial charge on any atom is -0.496 e. The van der Waals surface area contributed by atoms with Crippen LogP contribution >= 0.6 is 0 Å². The van der Waals surface area contributed by atoms with Crippen molar-refractivity contribution in [3.8, 4) is 17.6 Å². The summed E-state index contributed by atoms with van der Waals surface area (Å²) < 4.78 is 7.07. The molecule has 0 unspecified atom stereocenters. The van der Waals surface area contributed by atoms with Crippen LogP contribution in [-0.4, -0.2) is 7.11 Å². The molecule has 0 spiro atoms. The van der Waals surface area contributed by atoms with Crippen LogP contribution in [0.5, 0.6) is 5.75 Å². The fraction of sp³-hybridized carbons (Fsp3) is 0.0435. The molecule has 0 saturated heterocycles. The predicted octanol–water partition coefficient (Wildman–Crippen LogP) is 4.17. The van der Waals surface area contributed by atoms with Crippen molar-refractivity contribution in [3.63, 3.8) is 0 Å². The fourth-order valence-corrected chi connectivity index (χ4v) is 2.26. The van der Waals surface area contributed by atoms with Crippen LogP contribution in [0.2, 0.25) is 0 Å². The largest absolute Gasteiger partial charge is 0.496 e. The van der Waals surface area contributed by atoms with E-state index in [2.05, 4.69) is 17.6 Å². The van der Waals surface area contributed by atoms with Crippen LogP contribution in [-0.2, 0) is 0 Å². The molecular formula is C23H18NO+. The first-order chi connectivity index (χ1) is 12.3. The van der Waals surface area contributed by atoms with E-state index in [1.165, 1.54) is 0 Å². The zero-order valence-electron chi connectivity index (χ0n) is 14.0. The van der Waals surface area contributed by atoms with Crippen molar-refractivity contribution in [1.29, 1.82) is 0 Å². The molecule has 0 bridgehead atoms. The van der Waals surface area contributed by atoms with Crippen LogP contribution in [0.3, 0.4) is 0 Å². The molecule has 120 valence electrons. The second kappa shape index (κ2) is 8.36. The van der Waals surface area contributed by atoms with Crippen LogP contribution in [0.15, 0.2) is 84.9 Å². The monoisotopic (exact) mass is 324 g/mol. The summed E-state index contributed by atoms with van der Waals surface area (Å²) in [7, 11) is 1.66. The highest BCUT2D eigenvalue weighted by Gasteiger charge is 1.96. The van der Waals surface area contributed by atoms with E-state index in [-0.39, 0.29) is 0 Å². The summed E-state index contributed by atoms with van der Waals surface area (Å²) in [6.07, 6.45) is 7.63. The Balaban J connectivity index is 1.83. The highest BCUT2D eigenvalue weighted by Crippen LogP contribution is 2.09. The molecule has 1 aromatic heterocycles. The minimum absolute atomic E-state index is 0.829. The molecule has 0 atom stereocenters. The Morgan fingerprint density at radius 2 is 1.56 bits per heavy atom. The maximum absolute atomic E-state index is 5.15. The SMILES string of the molecule is COc1cc[n+](C=C=Cc2ccccc2C#Cc2ccccc2)cc1. The average Bonchev–Trinajstić information content (AvgIpc) is 2.68. The molecule has 2 heteroatoms. The Kier molecular flexibility index (Phi) is 5.46. The summed E-state index contributed by atoms with van der Waals surface area (Å²) >= 11 is 0. The van der Waals surface area contributed by atoms with Gasteiger partial charge in [-0.3, -0.25) is 0 Å². The van der Waals surface area contributed by atoms with Crippen LogP contribution < -0.4 is 9.30 Å². The van der Waals surface area contributed by atoms with Gasteiger partial charge in [0.1, 0.15) is 5.75 Å². The van der Waals surface area contributed by atoms with Gasteiger partial charge in [-0.15, -0.1) is 0 Å². The molecule has 25 heavy (non-hydrogen) atoms. The first kappa shape index (κ1) is 16.3. The molecule has 0 aliphatic rings. The molecule has 2 aromatic carbocycles. The van der Waals surface area contributed by atoms with Crippen molar-refractivity contribution in [1.82, 2.24) is 0 Å². The van der Waals surface area contributed by atoms with Crippen molar-refractivity contribution in [2.75, 3.05) is 7.11 Å². The highest BCUT2D eigenvalue weighted by atomic mass is 16.5. The molecule has 0 N–H and O–H groups in total. The quantitative estimate of drug-likeness (QED) is 0.400. The average molecular weight is 324 g/mol. The molecule has 0 amide bonds. The Morgan fingerprint density at radius 3 is 2.32 bits per heavy atom. The lowest BCUT2D eigenvalue weighted by Crippen LogP contribution is -2.23. The summed E-state index contributed by atoms with van der Waals surface area (Å²) in [4.78, 5) is 0. The topological polar surface area (TPSA) is 13.1 Å².